The molecule has 4 nitrogen and oxygen atoms in total. The monoisotopic (exact) mass is 742 g/mol. The van der Waals surface area contributed by atoms with Gasteiger partial charge in [0.2, 0.25) is 0 Å². The fourth-order valence-corrected chi connectivity index (χ4v) is 9.91. The topological polar surface area (TPSA) is 41.9 Å². The largest absolute Gasteiger partial charge is 0.310 e. The molecule has 0 radical (unpaired) electrons. The van der Waals surface area contributed by atoms with Crippen LogP contribution in [-0.4, -0.2) is 15.0 Å². The van der Waals surface area contributed by atoms with Crippen LogP contribution in [0.25, 0.3) is 45.3 Å². The lowest BCUT2D eigenvalue weighted by atomic mass is 9.50. The van der Waals surface area contributed by atoms with Gasteiger partial charge in [-0.15, -0.1) is 0 Å². The third kappa shape index (κ3) is 4.91. The summed E-state index contributed by atoms with van der Waals surface area (Å²) in [5.41, 5.74) is 14.2. The lowest BCUT2D eigenvalue weighted by molar-refractivity contribution is 0.395. The van der Waals surface area contributed by atoms with E-state index in [1.54, 1.807) is 0 Å². The first kappa shape index (κ1) is 33.9. The Labute approximate surface area is 338 Å². The molecule has 0 amide bonds. The molecule has 2 aliphatic rings. The molecule has 274 valence electrons. The Morgan fingerprint density at radius 1 is 0.345 bits per heavy atom. The van der Waals surface area contributed by atoms with Gasteiger partial charge in [0.15, 0.2) is 17.5 Å². The average Bonchev–Trinajstić information content (AvgIpc) is 3.57. The summed E-state index contributed by atoms with van der Waals surface area (Å²) in [5, 5.41) is 0. The number of para-hydroxylation sites is 2. The van der Waals surface area contributed by atoms with E-state index in [0.717, 1.165) is 33.8 Å². The van der Waals surface area contributed by atoms with Crippen LogP contribution in [-0.2, 0) is 10.8 Å². The van der Waals surface area contributed by atoms with E-state index in [1.807, 2.05) is 60.7 Å². The molecule has 2 heterocycles. The highest BCUT2D eigenvalue weighted by Crippen LogP contribution is 2.67. The molecule has 58 heavy (non-hydrogen) atoms. The molecule has 0 saturated heterocycles. The normalized spacial score (nSPS) is 14.2. The molecular formula is C54H38N4. The molecule has 0 bridgehead atoms. The van der Waals surface area contributed by atoms with Gasteiger partial charge in [-0.1, -0.05) is 176 Å². The molecular weight excluding hydrogens is 705 g/mol. The molecule has 0 unspecified atom stereocenters. The zero-order chi connectivity index (χ0) is 38.7. The summed E-state index contributed by atoms with van der Waals surface area (Å²) in [6.45, 7) is 2.48. The molecule has 9 aromatic rings. The van der Waals surface area contributed by atoms with Crippen LogP contribution in [0.4, 0.5) is 17.1 Å². The van der Waals surface area contributed by atoms with Gasteiger partial charge in [0.05, 0.1) is 16.8 Å². The second-order valence-corrected chi connectivity index (χ2v) is 15.3. The van der Waals surface area contributed by atoms with E-state index in [4.69, 9.17) is 15.0 Å². The van der Waals surface area contributed by atoms with Crippen molar-refractivity contribution in [3.63, 3.8) is 0 Å². The molecule has 0 spiro atoms. The fraction of sp³-hybridized carbons (Fsp3) is 0.0556. The fourth-order valence-electron chi connectivity index (χ4n) is 9.91. The van der Waals surface area contributed by atoms with Crippen molar-refractivity contribution in [2.75, 3.05) is 4.90 Å². The Kier molecular flexibility index (Phi) is 7.80. The second kappa shape index (κ2) is 13.4. The van der Waals surface area contributed by atoms with Crippen LogP contribution in [0, 0.1) is 0 Å². The number of hydrogen-bond acceptors (Lipinski definition) is 4. The minimum absolute atomic E-state index is 0.463. The molecule has 4 heteroatoms. The van der Waals surface area contributed by atoms with Crippen molar-refractivity contribution in [1.82, 2.24) is 15.0 Å². The summed E-state index contributed by atoms with van der Waals surface area (Å²) in [6.07, 6.45) is 0. The first-order chi connectivity index (χ1) is 28.7. The Balaban J connectivity index is 1.11. The summed E-state index contributed by atoms with van der Waals surface area (Å²) in [5.74, 6) is 1.93. The molecule has 0 atom stereocenters. The Morgan fingerprint density at radius 3 is 1.17 bits per heavy atom. The van der Waals surface area contributed by atoms with Gasteiger partial charge in [-0.2, -0.15) is 0 Å². The van der Waals surface area contributed by atoms with Crippen molar-refractivity contribution in [3.8, 4) is 45.3 Å². The van der Waals surface area contributed by atoms with E-state index < -0.39 is 10.8 Å². The van der Waals surface area contributed by atoms with Crippen molar-refractivity contribution >= 4 is 17.1 Å². The van der Waals surface area contributed by atoms with Gasteiger partial charge in [-0.05, 0) is 82.3 Å². The SMILES string of the molecule is CC1(C2(c3ccccc3)c3ccccc3N(c3ccc(-c4nc(-c5ccccc5)nc(-c5ccccc5)n4)cc3)c3ccccc32)c2ccccc2-c2ccccc21. The van der Waals surface area contributed by atoms with E-state index >= 15 is 0 Å². The van der Waals surface area contributed by atoms with Crippen LogP contribution in [0.3, 0.4) is 0 Å². The average molecular weight is 743 g/mol. The number of aromatic nitrogens is 3. The summed E-state index contributed by atoms with van der Waals surface area (Å²) < 4.78 is 0. The van der Waals surface area contributed by atoms with E-state index in [0.29, 0.717) is 17.5 Å². The molecule has 0 fully saturated rings. The van der Waals surface area contributed by atoms with Crippen LogP contribution in [0.5, 0.6) is 0 Å². The molecule has 8 aromatic carbocycles. The molecule has 1 aromatic heterocycles. The maximum Gasteiger partial charge on any atom is 0.164 e. The molecule has 1 aliphatic carbocycles. The number of nitrogens with zero attached hydrogens (tertiary/aromatic N) is 4. The van der Waals surface area contributed by atoms with Gasteiger partial charge in [-0.25, -0.2) is 15.0 Å². The van der Waals surface area contributed by atoms with Crippen molar-refractivity contribution in [3.05, 3.63) is 240 Å². The summed E-state index contributed by atoms with van der Waals surface area (Å²) in [4.78, 5) is 17.4. The Bertz CT molecular complexity index is 2810. The smallest absolute Gasteiger partial charge is 0.164 e. The zero-order valence-electron chi connectivity index (χ0n) is 32.0. The van der Waals surface area contributed by atoms with Gasteiger partial charge in [0, 0.05) is 27.8 Å². The van der Waals surface area contributed by atoms with Crippen LogP contribution >= 0.6 is 0 Å². The number of fused-ring (bicyclic) bond motifs is 5. The van der Waals surface area contributed by atoms with Gasteiger partial charge < -0.3 is 4.90 Å². The van der Waals surface area contributed by atoms with Crippen LogP contribution < -0.4 is 4.90 Å². The quantitative estimate of drug-likeness (QED) is 0.170. The first-order valence-electron chi connectivity index (χ1n) is 19.9. The summed E-state index contributed by atoms with van der Waals surface area (Å²) in [7, 11) is 0. The molecule has 0 saturated carbocycles. The number of anilines is 3. The third-order valence-electron chi connectivity index (χ3n) is 12.4. The molecule has 11 rings (SSSR count). The summed E-state index contributed by atoms with van der Waals surface area (Å²) >= 11 is 0. The van der Waals surface area contributed by atoms with Crippen molar-refractivity contribution < 1.29 is 0 Å². The molecule has 0 N–H and O–H groups in total. The van der Waals surface area contributed by atoms with Crippen molar-refractivity contribution in [1.29, 1.82) is 0 Å². The second-order valence-electron chi connectivity index (χ2n) is 15.3. The highest BCUT2D eigenvalue weighted by Gasteiger charge is 2.60. The van der Waals surface area contributed by atoms with Gasteiger partial charge in [0.1, 0.15) is 0 Å². The summed E-state index contributed by atoms with van der Waals surface area (Å²) in [6, 6.07) is 76.2. The third-order valence-corrected chi connectivity index (χ3v) is 12.4. The zero-order valence-corrected chi connectivity index (χ0v) is 32.0. The minimum atomic E-state index is -0.590. The van der Waals surface area contributed by atoms with Crippen molar-refractivity contribution in [2.24, 2.45) is 0 Å². The van der Waals surface area contributed by atoms with E-state index in [-0.39, 0.29) is 0 Å². The Hall–Kier alpha value is -7.43. The number of benzene rings is 8. The van der Waals surface area contributed by atoms with E-state index in [1.165, 1.54) is 38.9 Å². The van der Waals surface area contributed by atoms with E-state index in [2.05, 4.69) is 163 Å². The highest BCUT2D eigenvalue weighted by atomic mass is 15.2. The minimum Gasteiger partial charge on any atom is -0.310 e. The number of hydrogen-bond donors (Lipinski definition) is 0. The first-order valence-corrected chi connectivity index (χ1v) is 19.9. The predicted octanol–water partition coefficient (Wildman–Crippen LogP) is 13.0. The maximum atomic E-state index is 5.02. The van der Waals surface area contributed by atoms with Crippen LogP contribution in [0.2, 0.25) is 0 Å². The predicted molar refractivity (Wildman–Crippen MR) is 235 cm³/mol. The molecule has 1 aliphatic heterocycles. The lowest BCUT2D eigenvalue weighted by Gasteiger charge is -2.54. The highest BCUT2D eigenvalue weighted by molar-refractivity contribution is 5.92. The van der Waals surface area contributed by atoms with Gasteiger partial charge >= 0.3 is 0 Å². The lowest BCUT2D eigenvalue weighted by Crippen LogP contribution is -2.51. The van der Waals surface area contributed by atoms with Crippen LogP contribution in [0.15, 0.2) is 212 Å². The van der Waals surface area contributed by atoms with Gasteiger partial charge in [0.25, 0.3) is 0 Å². The standard InChI is InChI=1S/C54H38N4/c1-53(44-27-13-11-25-42(44)43-26-12-14-28-45(43)53)54(40-23-9-4-10-24-40)46-29-15-17-31-48(46)58(49-32-18-16-30-47(49)54)41-35-33-39(34-36-41)52-56-50(37-19-5-2-6-20-37)55-51(57-52)38-21-7-3-8-22-38/h2-36H,1H3. The van der Waals surface area contributed by atoms with Gasteiger partial charge in [-0.3, -0.25) is 0 Å². The number of rotatable bonds is 6. The Morgan fingerprint density at radius 2 is 0.707 bits per heavy atom. The van der Waals surface area contributed by atoms with Crippen molar-refractivity contribution in [2.45, 2.75) is 17.8 Å². The van der Waals surface area contributed by atoms with Crippen LogP contribution in [0.1, 0.15) is 34.7 Å². The van der Waals surface area contributed by atoms with E-state index in [9.17, 15) is 0 Å². The maximum absolute atomic E-state index is 5.02.